The summed E-state index contributed by atoms with van der Waals surface area (Å²) in [6.45, 7) is 1.88. The maximum absolute atomic E-state index is 11.7. The van der Waals surface area contributed by atoms with E-state index >= 15 is 0 Å². The van der Waals surface area contributed by atoms with Crippen molar-refractivity contribution < 1.29 is 4.79 Å². The molecular weight excluding hydrogens is 254 g/mol. The first kappa shape index (κ1) is 13.1. The van der Waals surface area contributed by atoms with Crippen molar-refractivity contribution in [1.82, 2.24) is 9.97 Å². The fourth-order valence-corrected chi connectivity index (χ4v) is 2.94. The zero-order chi connectivity index (χ0) is 14.1. The lowest BCUT2D eigenvalue weighted by Crippen LogP contribution is -2.30. The van der Waals surface area contributed by atoms with Gasteiger partial charge in [-0.3, -0.25) is 4.79 Å². The molecule has 0 saturated heterocycles. The minimum absolute atomic E-state index is 0.000726. The van der Waals surface area contributed by atoms with Crippen molar-refractivity contribution in [2.24, 2.45) is 5.92 Å². The maximum Gasteiger partial charge on any atom is 0.228 e. The largest absolute Gasteiger partial charge is 0.383 e. The van der Waals surface area contributed by atoms with E-state index in [2.05, 4.69) is 20.6 Å². The molecule has 108 valence electrons. The van der Waals surface area contributed by atoms with Crippen LogP contribution in [0.3, 0.4) is 0 Å². The summed E-state index contributed by atoms with van der Waals surface area (Å²) in [7, 11) is 0. The highest BCUT2D eigenvalue weighted by Crippen LogP contribution is 2.29. The van der Waals surface area contributed by atoms with Gasteiger partial charge in [-0.05, 0) is 19.3 Å². The number of hydrogen-bond donors (Lipinski definition) is 3. The standard InChI is InChI=1S/C14H21N5O/c1-8-7-10-11(15)17-14(19-12(10)18-13(8)20)16-9-5-3-2-4-6-9/h8-9H,2-7H2,1H3,(H4,15,16,17,18,19,20). The number of carbonyl (C=O) groups excluding carboxylic acids is 1. The molecule has 1 aliphatic heterocycles. The molecule has 0 bridgehead atoms. The average Bonchev–Trinajstić information content (AvgIpc) is 2.42. The van der Waals surface area contributed by atoms with Gasteiger partial charge in [0.25, 0.3) is 0 Å². The van der Waals surface area contributed by atoms with Crippen LogP contribution in [-0.4, -0.2) is 21.9 Å². The summed E-state index contributed by atoms with van der Waals surface area (Å²) < 4.78 is 0. The number of nitrogens with one attached hydrogen (secondary N) is 2. The minimum Gasteiger partial charge on any atom is -0.383 e. The summed E-state index contributed by atoms with van der Waals surface area (Å²) in [5.41, 5.74) is 6.87. The molecule has 0 aromatic carbocycles. The van der Waals surface area contributed by atoms with Crippen LogP contribution in [-0.2, 0) is 11.2 Å². The Labute approximate surface area is 118 Å². The quantitative estimate of drug-likeness (QED) is 0.767. The van der Waals surface area contributed by atoms with E-state index in [1.165, 1.54) is 19.3 Å². The van der Waals surface area contributed by atoms with Gasteiger partial charge in [0.05, 0.1) is 0 Å². The first-order valence-corrected chi connectivity index (χ1v) is 7.37. The van der Waals surface area contributed by atoms with E-state index < -0.39 is 0 Å². The number of rotatable bonds is 2. The Hall–Kier alpha value is -1.85. The molecule has 6 nitrogen and oxygen atoms in total. The highest BCUT2D eigenvalue weighted by atomic mass is 16.2. The van der Waals surface area contributed by atoms with Crippen molar-refractivity contribution in [3.63, 3.8) is 0 Å². The average molecular weight is 275 g/mol. The zero-order valence-electron chi connectivity index (χ0n) is 11.8. The molecule has 1 aromatic heterocycles. The van der Waals surface area contributed by atoms with E-state index in [4.69, 9.17) is 5.73 Å². The number of amides is 1. The van der Waals surface area contributed by atoms with Gasteiger partial charge in [0.2, 0.25) is 11.9 Å². The second kappa shape index (κ2) is 5.26. The molecule has 6 heteroatoms. The van der Waals surface area contributed by atoms with Crippen LogP contribution in [0.5, 0.6) is 0 Å². The summed E-state index contributed by atoms with van der Waals surface area (Å²) in [6, 6.07) is 0.416. The van der Waals surface area contributed by atoms with Crippen LogP contribution in [0.4, 0.5) is 17.6 Å². The molecule has 4 N–H and O–H groups in total. The lowest BCUT2D eigenvalue weighted by molar-refractivity contribution is -0.119. The predicted molar refractivity (Wildman–Crippen MR) is 78.4 cm³/mol. The molecule has 0 spiro atoms. The number of nitrogens with zero attached hydrogens (tertiary/aromatic N) is 2. The first-order valence-electron chi connectivity index (χ1n) is 7.37. The number of nitrogens with two attached hydrogens (primary N) is 1. The molecule has 1 amide bonds. The Balaban J connectivity index is 1.81. The number of anilines is 3. The predicted octanol–water partition coefficient (Wildman–Crippen LogP) is 1.93. The zero-order valence-corrected chi connectivity index (χ0v) is 11.8. The summed E-state index contributed by atoms with van der Waals surface area (Å²) in [6.07, 6.45) is 6.68. The Morgan fingerprint density at radius 3 is 2.75 bits per heavy atom. The highest BCUT2D eigenvalue weighted by molar-refractivity contribution is 5.95. The van der Waals surface area contributed by atoms with Crippen LogP contribution in [0, 0.1) is 5.92 Å². The van der Waals surface area contributed by atoms with E-state index in [1.54, 1.807) is 0 Å². The second-order valence-corrected chi connectivity index (χ2v) is 5.83. The smallest absolute Gasteiger partial charge is 0.228 e. The number of hydrogen-bond acceptors (Lipinski definition) is 5. The SMILES string of the molecule is CC1Cc2c(N)nc(NC3CCCCC3)nc2NC1=O. The number of fused-ring (bicyclic) bond motifs is 1. The van der Waals surface area contributed by atoms with Crippen molar-refractivity contribution in [2.45, 2.75) is 51.5 Å². The van der Waals surface area contributed by atoms with Crippen molar-refractivity contribution in [2.75, 3.05) is 16.4 Å². The molecule has 1 aromatic rings. The second-order valence-electron chi connectivity index (χ2n) is 5.83. The lowest BCUT2D eigenvalue weighted by atomic mass is 9.95. The lowest BCUT2D eigenvalue weighted by Gasteiger charge is -2.25. The monoisotopic (exact) mass is 275 g/mol. The molecule has 1 fully saturated rings. The molecule has 1 aliphatic carbocycles. The van der Waals surface area contributed by atoms with Gasteiger partial charge in [-0.1, -0.05) is 26.2 Å². The Bertz CT molecular complexity index is 525. The van der Waals surface area contributed by atoms with Crippen LogP contribution in [0.1, 0.15) is 44.6 Å². The van der Waals surface area contributed by atoms with Gasteiger partial charge in [-0.15, -0.1) is 0 Å². The van der Waals surface area contributed by atoms with Crippen LogP contribution in [0.15, 0.2) is 0 Å². The first-order chi connectivity index (χ1) is 9.63. The summed E-state index contributed by atoms with van der Waals surface area (Å²) in [4.78, 5) is 20.5. The molecule has 1 atom stereocenters. The Kier molecular flexibility index (Phi) is 3.46. The number of aromatic nitrogens is 2. The highest BCUT2D eigenvalue weighted by Gasteiger charge is 2.26. The molecule has 2 aliphatic rings. The van der Waals surface area contributed by atoms with Crippen molar-refractivity contribution >= 4 is 23.5 Å². The van der Waals surface area contributed by atoms with Gasteiger partial charge in [-0.25, -0.2) is 0 Å². The fourth-order valence-electron chi connectivity index (χ4n) is 2.94. The van der Waals surface area contributed by atoms with Crippen molar-refractivity contribution in [1.29, 1.82) is 0 Å². The summed E-state index contributed by atoms with van der Waals surface area (Å²) in [5.74, 6) is 1.49. The van der Waals surface area contributed by atoms with E-state index in [1.807, 2.05) is 6.92 Å². The van der Waals surface area contributed by atoms with Crippen LogP contribution in [0.25, 0.3) is 0 Å². The van der Waals surface area contributed by atoms with Crippen LogP contribution < -0.4 is 16.4 Å². The molecule has 2 heterocycles. The fraction of sp³-hybridized carbons (Fsp3) is 0.643. The number of nitrogen functional groups attached to an aromatic ring is 1. The Morgan fingerprint density at radius 1 is 1.25 bits per heavy atom. The third kappa shape index (κ3) is 2.55. The van der Waals surface area contributed by atoms with Crippen molar-refractivity contribution in [3.8, 4) is 0 Å². The molecule has 1 unspecified atom stereocenters. The van der Waals surface area contributed by atoms with Gasteiger partial charge >= 0.3 is 0 Å². The Morgan fingerprint density at radius 2 is 2.00 bits per heavy atom. The van der Waals surface area contributed by atoms with Gasteiger partial charge < -0.3 is 16.4 Å². The van der Waals surface area contributed by atoms with E-state index in [-0.39, 0.29) is 11.8 Å². The molecule has 3 rings (SSSR count). The summed E-state index contributed by atoms with van der Waals surface area (Å²) in [5, 5.41) is 6.16. The van der Waals surface area contributed by atoms with E-state index in [9.17, 15) is 4.79 Å². The summed E-state index contributed by atoms with van der Waals surface area (Å²) >= 11 is 0. The minimum atomic E-state index is -0.0782. The third-order valence-electron chi connectivity index (χ3n) is 4.18. The number of carbonyl (C=O) groups is 1. The topological polar surface area (TPSA) is 92.9 Å². The molecule has 0 radical (unpaired) electrons. The van der Waals surface area contributed by atoms with Crippen LogP contribution >= 0.6 is 0 Å². The van der Waals surface area contributed by atoms with Gasteiger partial charge in [-0.2, -0.15) is 9.97 Å². The third-order valence-corrected chi connectivity index (χ3v) is 4.18. The van der Waals surface area contributed by atoms with Crippen molar-refractivity contribution in [3.05, 3.63) is 5.56 Å². The van der Waals surface area contributed by atoms with Gasteiger partial charge in [0, 0.05) is 17.5 Å². The molecule has 1 saturated carbocycles. The molecule has 20 heavy (non-hydrogen) atoms. The molecular formula is C14H21N5O. The van der Waals surface area contributed by atoms with Crippen LogP contribution in [0.2, 0.25) is 0 Å². The van der Waals surface area contributed by atoms with Gasteiger partial charge in [0.15, 0.2) is 0 Å². The van der Waals surface area contributed by atoms with E-state index in [0.29, 0.717) is 30.0 Å². The normalized spacial score (nSPS) is 23.1. The maximum atomic E-state index is 11.7. The van der Waals surface area contributed by atoms with E-state index in [0.717, 1.165) is 18.4 Å². The van der Waals surface area contributed by atoms with Gasteiger partial charge in [0.1, 0.15) is 11.6 Å².